The number of amides is 3. The summed E-state index contributed by atoms with van der Waals surface area (Å²) in [5, 5.41) is 6.33. The van der Waals surface area contributed by atoms with Crippen molar-refractivity contribution in [2.75, 3.05) is 11.6 Å². The van der Waals surface area contributed by atoms with Crippen LogP contribution in [-0.2, 0) is 19.1 Å². The number of fused-ring (bicyclic) bond motifs is 1. The van der Waals surface area contributed by atoms with E-state index in [4.69, 9.17) is 4.74 Å². The molecule has 2 saturated carbocycles. The summed E-state index contributed by atoms with van der Waals surface area (Å²) in [6.07, 6.45) is 15.8. The molecule has 5 aliphatic rings. The van der Waals surface area contributed by atoms with E-state index in [0.717, 1.165) is 62.7 Å². The Labute approximate surface area is 223 Å². The van der Waals surface area contributed by atoms with Gasteiger partial charge in [0.25, 0.3) is 0 Å². The minimum Gasteiger partial charge on any atom is -0.359 e. The average Bonchev–Trinajstić information content (AvgIpc) is 3.57. The molecule has 6 rings (SSSR count). The van der Waals surface area contributed by atoms with Gasteiger partial charge in [-0.05, 0) is 50.1 Å². The molecule has 2 saturated heterocycles. The lowest BCUT2D eigenvalue weighted by atomic mass is 9.74. The first kappa shape index (κ1) is 25.0. The monoisotopic (exact) mass is 523 g/mol. The summed E-state index contributed by atoms with van der Waals surface area (Å²) in [5.41, 5.74) is -0.375. The molecule has 37 heavy (non-hydrogen) atoms. The molecule has 2 bridgehead atoms. The van der Waals surface area contributed by atoms with Gasteiger partial charge in [-0.3, -0.25) is 14.4 Å². The maximum absolute atomic E-state index is 14.2. The lowest BCUT2D eigenvalue weighted by Gasteiger charge is -2.39. The van der Waals surface area contributed by atoms with E-state index in [-0.39, 0.29) is 29.8 Å². The lowest BCUT2D eigenvalue weighted by molar-refractivity contribution is -0.144. The molecule has 3 amide bonds. The van der Waals surface area contributed by atoms with E-state index in [9.17, 15) is 14.4 Å². The Kier molecular flexibility index (Phi) is 6.82. The number of hydrogen-bond acceptors (Lipinski definition) is 5. The molecule has 2 N–H and O–H groups in total. The maximum atomic E-state index is 14.2. The normalized spacial score (nSPS) is 33.5. The Hall–Kier alpha value is -2.32. The van der Waals surface area contributed by atoms with Crippen molar-refractivity contribution in [3.8, 4) is 0 Å². The molecular weight excluding hydrogens is 486 g/mol. The number of carbonyl (C=O) groups excluding carboxylic acids is 3. The van der Waals surface area contributed by atoms with E-state index in [1.807, 2.05) is 47.6 Å². The molecule has 7 nitrogen and oxygen atoms in total. The van der Waals surface area contributed by atoms with E-state index in [2.05, 4.69) is 10.6 Å². The first-order chi connectivity index (χ1) is 18.0. The van der Waals surface area contributed by atoms with Crippen LogP contribution in [0.15, 0.2) is 41.3 Å². The summed E-state index contributed by atoms with van der Waals surface area (Å²) >= 11 is 1.61. The highest BCUT2D eigenvalue weighted by atomic mass is 32.2. The van der Waals surface area contributed by atoms with Gasteiger partial charge in [0.15, 0.2) is 0 Å². The zero-order chi connectivity index (χ0) is 25.6. The molecule has 198 valence electrons. The summed E-state index contributed by atoms with van der Waals surface area (Å²) in [6, 6.07) is 7.14. The Morgan fingerprint density at radius 2 is 1.76 bits per heavy atom. The topological polar surface area (TPSA) is 87.7 Å². The van der Waals surface area contributed by atoms with Gasteiger partial charge in [-0.15, -0.1) is 11.8 Å². The molecule has 4 fully saturated rings. The molecule has 2 aliphatic carbocycles. The zero-order valence-corrected chi connectivity index (χ0v) is 22.3. The second kappa shape index (κ2) is 10.1. The highest BCUT2D eigenvalue weighted by Crippen LogP contribution is 2.56. The molecular formula is C29H37N3O4S. The number of nitrogens with zero attached hydrogens (tertiary/aromatic N) is 1. The van der Waals surface area contributed by atoms with Crippen molar-refractivity contribution in [1.82, 2.24) is 10.2 Å². The predicted octanol–water partition coefficient (Wildman–Crippen LogP) is 4.28. The number of anilines is 1. The van der Waals surface area contributed by atoms with Crippen LogP contribution in [-0.4, -0.2) is 58.7 Å². The van der Waals surface area contributed by atoms with Gasteiger partial charge in [0, 0.05) is 22.7 Å². The van der Waals surface area contributed by atoms with E-state index in [1.54, 1.807) is 11.8 Å². The molecule has 5 atom stereocenters. The van der Waals surface area contributed by atoms with Gasteiger partial charge in [-0.1, -0.05) is 56.7 Å². The van der Waals surface area contributed by atoms with Crippen LogP contribution in [0.2, 0.25) is 0 Å². The van der Waals surface area contributed by atoms with Crippen molar-refractivity contribution in [3.05, 3.63) is 36.4 Å². The number of likely N-dealkylation sites (tertiary alicyclic amines) is 1. The third-order valence-corrected chi connectivity index (χ3v) is 9.85. The fourth-order valence-corrected chi connectivity index (χ4v) is 7.87. The number of ether oxygens (including phenoxy) is 1. The average molecular weight is 524 g/mol. The number of thioether (sulfide) groups is 1. The number of nitrogens with one attached hydrogen (secondary N) is 2. The predicted molar refractivity (Wildman–Crippen MR) is 143 cm³/mol. The molecule has 3 aliphatic heterocycles. The number of hydrogen-bond donors (Lipinski definition) is 2. The minimum atomic E-state index is -1.08. The van der Waals surface area contributed by atoms with Gasteiger partial charge in [-0.25, -0.2) is 0 Å². The van der Waals surface area contributed by atoms with Crippen LogP contribution in [0.1, 0.15) is 64.2 Å². The second-order valence-corrected chi connectivity index (χ2v) is 12.2. The quantitative estimate of drug-likeness (QED) is 0.429. The lowest BCUT2D eigenvalue weighted by Crippen LogP contribution is -2.58. The Morgan fingerprint density at radius 1 is 1.03 bits per heavy atom. The van der Waals surface area contributed by atoms with Crippen molar-refractivity contribution >= 4 is 35.2 Å². The van der Waals surface area contributed by atoms with E-state index < -0.39 is 29.6 Å². The fourth-order valence-electron chi connectivity index (χ4n) is 7.41. The van der Waals surface area contributed by atoms with Crippen LogP contribution in [0.4, 0.5) is 5.69 Å². The van der Waals surface area contributed by atoms with E-state index in [0.29, 0.717) is 5.69 Å². The summed E-state index contributed by atoms with van der Waals surface area (Å²) in [5.74, 6) is -1.78. The van der Waals surface area contributed by atoms with Crippen molar-refractivity contribution in [2.45, 2.75) is 98.9 Å². The van der Waals surface area contributed by atoms with Gasteiger partial charge < -0.3 is 20.3 Å². The third-order valence-electron chi connectivity index (χ3n) is 9.12. The van der Waals surface area contributed by atoms with Crippen molar-refractivity contribution in [2.24, 2.45) is 11.8 Å². The second-order valence-electron chi connectivity index (χ2n) is 11.3. The fraction of sp³-hybridized carbons (Fsp3) is 0.621. The number of carbonyl (C=O) groups is 3. The van der Waals surface area contributed by atoms with Gasteiger partial charge in [0.05, 0.1) is 17.9 Å². The zero-order valence-electron chi connectivity index (χ0n) is 21.5. The van der Waals surface area contributed by atoms with Gasteiger partial charge in [-0.2, -0.15) is 0 Å². The van der Waals surface area contributed by atoms with Crippen LogP contribution >= 0.6 is 11.8 Å². The molecule has 0 aromatic heterocycles. The van der Waals surface area contributed by atoms with Crippen LogP contribution in [0, 0.1) is 11.8 Å². The van der Waals surface area contributed by atoms with Crippen LogP contribution in [0.3, 0.4) is 0 Å². The van der Waals surface area contributed by atoms with Gasteiger partial charge in [0.1, 0.15) is 11.6 Å². The standard InChI is InChI=1S/C29H37N3O4S/c1-37-21-14-8-11-19(17-21)31-26(33)23-22-15-16-29(36-22)24(23)28(35)32(20-12-6-3-7-13-20)25(29)27(34)30-18-9-4-2-5-10-18/h8,11,14-18,20,22-25H,2-7,9-10,12-13H2,1H3,(H,30,34)(H,31,33)/t22-,23-,24-,25-,29-/m1/s1. The SMILES string of the molecule is CSc1cccc(NC(=O)[C@@H]2[C@H]3C=C[C@@]4(O3)[C@H]2C(=O)N(C2CCCCC2)[C@@H]4C(=O)NC2CCCCC2)c1. The highest BCUT2D eigenvalue weighted by molar-refractivity contribution is 7.98. The summed E-state index contributed by atoms with van der Waals surface area (Å²) in [4.78, 5) is 44.7. The molecule has 8 heteroatoms. The van der Waals surface area contributed by atoms with Gasteiger partial charge >= 0.3 is 0 Å². The largest absolute Gasteiger partial charge is 0.359 e. The maximum Gasteiger partial charge on any atom is 0.246 e. The number of rotatable bonds is 6. The summed E-state index contributed by atoms with van der Waals surface area (Å²) < 4.78 is 6.52. The number of benzene rings is 1. The highest BCUT2D eigenvalue weighted by Gasteiger charge is 2.73. The first-order valence-corrected chi connectivity index (χ1v) is 15.2. The molecule has 1 aromatic carbocycles. The Bertz CT molecular complexity index is 1100. The molecule has 1 spiro atoms. The van der Waals surface area contributed by atoms with Crippen LogP contribution < -0.4 is 10.6 Å². The van der Waals surface area contributed by atoms with Crippen LogP contribution in [0.25, 0.3) is 0 Å². The molecule has 1 aromatic rings. The van der Waals surface area contributed by atoms with Crippen molar-refractivity contribution in [3.63, 3.8) is 0 Å². The Balaban J connectivity index is 1.31. The van der Waals surface area contributed by atoms with Gasteiger partial charge in [0.2, 0.25) is 17.7 Å². The van der Waals surface area contributed by atoms with Crippen molar-refractivity contribution < 1.29 is 19.1 Å². The molecule has 3 heterocycles. The summed E-state index contributed by atoms with van der Waals surface area (Å²) in [6.45, 7) is 0. The van der Waals surface area contributed by atoms with Crippen LogP contribution in [0.5, 0.6) is 0 Å². The minimum absolute atomic E-state index is 0.0151. The molecule has 0 unspecified atom stereocenters. The Morgan fingerprint density at radius 3 is 2.49 bits per heavy atom. The third kappa shape index (κ3) is 4.30. The van der Waals surface area contributed by atoms with E-state index >= 15 is 0 Å². The first-order valence-electron chi connectivity index (χ1n) is 14.0. The molecule has 0 radical (unpaired) electrons. The summed E-state index contributed by atoms with van der Waals surface area (Å²) in [7, 11) is 0. The van der Waals surface area contributed by atoms with Crippen molar-refractivity contribution in [1.29, 1.82) is 0 Å². The smallest absolute Gasteiger partial charge is 0.246 e. The van der Waals surface area contributed by atoms with E-state index in [1.165, 1.54) is 6.42 Å².